The van der Waals surface area contributed by atoms with Crippen LogP contribution in [0, 0.1) is 6.92 Å². The first-order chi connectivity index (χ1) is 19.0. The zero-order valence-electron chi connectivity index (χ0n) is 22.3. The summed E-state index contributed by atoms with van der Waals surface area (Å²) in [5.74, 6) is 0.855. The predicted molar refractivity (Wildman–Crippen MR) is 145 cm³/mol. The summed E-state index contributed by atoms with van der Waals surface area (Å²) < 4.78 is 1.80. The number of nitrogens with one attached hydrogen (secondary N) is 1. The number of fused-ring (bicyclic) bond motifs is 2. The van der Waals surface area contributed by atoms with E-state index < -0.39 is 12.1 Å². The van der Waals surface area contributed by atoms with Crippen molar-refractivity contribution < 1.29 is 14.4 Å². The average molecular weight is 530 g/mol. The molecule has 1 saturated heterocycles. The molecule has 0 unspecified atom stereocenters. The quantitative estimate of drug-likeness (QED) is 0.558. The number of piperidine rings is 1. The Morgan fingerprint density at radius 2 is 1.79 bits per heavy atom. The van der Waals surface area contributed by atoms with Crippen molar-refractivity contribution in [2.75, 3.05) is 19.6 Å². The molecule has 1 N–H and O–H groups in total. The van der Waals surface area contributed by atoms with Crippen LogP contribution in [0.3, 0.4) is 0 Å². The van der Waals surface area contributed by atoms with Crippen LogP contribution < -0.4 is 5.32 Å². The smallest absolute Gasteiger partial charge is 0.272 e. The molecule has 0 radical (unpaired) electrons. The van der Waals surface area contributed by atoms with Crippen molar-refractivity contribution in [3.63, 3.8) is 0 Å². The molecule has 0 aliphatic carbocycles. The molecule has 2 aliphatic heterocycles. The molecule has 10 heteroatoms. The van der Waals surface area contributed by atoms with Gasteiger partial charge < -0.3 is 15.1 Å². The summed E-state index contributed by atoms with van der Waals surface area (Å²) in [7, 11) is 0. The number of amides is 3. The lowest BCUT2D eigenvalue weighted by Crippen LogP contribution is -2.53. The fraction of sp³-hybridized carbons (Fsp3) is 0.448. The molecule has 2 atom stereocenters. The first-order valence-electron chi connectivity index (χ1n) is 13.7. The Kier molecular flexibility index (Phi) is 8.29. The first kappa shape index (κ1) is 26.5. The van der Waals surface area contributed by atoms with Crippen molar-refractivity contribution in [1.82, 2.24) is 34.9 Å². The third-order valence-electron chi connectivity index (χ3n) is 7.41. The number of carbonyl (C=O) groups is 3. The van der Waals surface area contributed by atoms with E-state index >= 15 is 0 Å². The topological polar surface area (TPSA) is 113 Å². The lowest BCUT2D eigenvalue weighted by atomic mass is 9.99. The zero-order chi connectivity index (χ0) is 27.2. The van der Waals surface area contributed by atoms with Crippen LogP contribution in [-0.4, -0.2) is 72.9 Å². The molecule has 5 rings (SSSR count). The summed E-state index contributed by atoms with van der Waals surface area (Å²) in [6.07, 6.45) is 5.31. The second kappa shape index (κ2) is 12.2. The molecular weight excluding hydrogens is 494 g/mol. The minimum Gasteiger partial charge on any atom is -0.344 e. The van der Waals surface area contributed by atoms with Crippen LogP contribution in [0.4, 0.5) is 0 Å². The number of aryl methyl sites for hydroxylation is 1. The van der Waals surface area contributed by atoms with E-state index in [9.17, 15) is 14.4 Å². The van der Waals surface area contributed by atoms with E-state index in [0.717, 1.165) is 18.4 Å². The van der Waals surface area contributed by atoms with E-state index in [2.05, 4.69) is 15.4 Å². The van der Waals surface area contributed by atoms with E-state index in [4.69, 9.17) is 4.98 Å². The van der Waals surface area contributed by atoms with Gasteiger partial charge in [0, 0.05) is 32.3 Å². The monoisotopic (exact) mass is 529 g/mol. The van der Waals surface area contributed by atoms with Crippen molar-refractivity contribution in [2.24, 2.45) is 0 Å². The highest BCUT2D eigenvalue weighted by Crippen LogP contribution is 2.23. The summed E-state index contributed by atoms with van der Waals surface area (Å²) in [6.45, 7) is 3.57. The molecule has 2 aromatic heterocycles. The van der Waals surface area contributed by atoms with E-state index in [0.29, 0.717) is 62.8 Å². The van der Waals surface area contributed by atoms with E-state index in [1.807, 2.05) is 37.3 Å². The number of benzene rings is 1. The molecule has 39 heavy (non-hydrogen) atoms. The molecule has 0 bridgehead atoms. The number of hydrogen-bond acceptors (Lipinski definition) is 6. The number of aromatic nitrogens is 4. The van der Waals surface area contributed by atoms with Gasteiger partial charge in [-0.05, 0) is 56.7 Å². The minimum atomic E-state index is -0.517. The molecule has 10 nitrogen and oxygen atoms in total. The molecule has 0 spiro atoms. The Balaban J connectivity index is 1.49. The summed E-state index contributed by atoms with van der Waals surface area (Å²) in [5, 5.41) is 7.86. The summed E-state index contributed by atoms with van der Waals surface area (Å²) in [6, 6.07) is 14.3. The van der Waals surface area contributed by atoms with Gasteiger partial charge in [-0.15, -0.1) is 0 Å². The fourth-order valence-corrected chi connectivity index (χ4v) is 5.47. The van der Waals surface area contributed by atoms with Crippen LogP contribution in [0.15, 0.2) is 54.7 Å². The van der Waals surface area contributed by atoms with Crippen molar-refractivity contribution in [1.29, 1.82) is 0 Å². The number of rotatable bonds is 3. The normalized spacial score (nSPS) is 20.9. The van der Waals surface area contributed by atoms with Crippen molar-refractivity contribution in [3.05, 3.63) is 77.6 Å². The lowest BCUT2D eigenvalue weighted by molar-refractivity contribution is -0.142. The van der Waals surface area contributed by atoms with Crippen LogP contribution in [0.1, 0.15) is 65.8 Å². The first-order valence-corrected chi connectivity index (χ1v) is 13.7. The Bertz CT molecular complexity index is 1290. The molecule has 2 aliphatic rings. The van der Waals surface area contributed by atoms with Crippen LogP contribution in [0.5, 0.6) is 0 Å². The van der Waals surface area contributed by atoms with Gasteiger partial charge >= 0.3 is 0 Å². The van der Waals surface area contributed by atoms with E-state index in [-0.39, 0.29) is 24.1 Å². The molecule has 3 aromatic rings. The number of nitrogens with zero attached hydrogens (tertiary/aromatic N) is 6. The largest absolute Gasteiger partial charge is 0.344 e. The van der Waals surface area contributed by atoms with Gasteiger partial charge in [0.1, 0.15) is 23.4 Å². The lowest BCUT2D eigenvalue weighted by Gasteiger charge is -2.36. The maximum Gasteiger partial charge on any atom is 0.272 e. The molecule has 204 valence electrons. The highest BCUT2D eigenvalue weighted by Gasteiger charge is 2.34. The highest BCUT2D eigenvalue weighted by atomic mass is 16.2. The van der Waals surface area contributed by atoms with Crippen LogP contribution in [0.25, 0.3) is 0 Å². The van der Waals surface area contributed by atoms with Crippen LogP contribution >= 0.6 is 0 Å². The second-order valence-corrected chi connectivity index (χ2v) is 10.2. The highest BCUT2D eigenvalue weighted by molar-refractivity contribution is 5.92. The van der Waals surface area contributed by atoms with Gasteiger partial charge in [0.15, 0.2) is 0 Å². The summed E-state index contributed by atoms with van der Waals surface area (Å²) >= 11 is 0. The maximum absolute atomic E-state index is 13.7. The van der Waals surface area contributed by atoms with Crippen LogP contribution in [-0.2, 0) is 22.6 Å². The second-order valence-electron chi connectivity index (χ2n) is 10.2. The van der Waals surface area contributed by atoms with Crippen molar-refractivity contribution >= 4 is 17.7 Å². The van der Waals surface area contributed by atoms with E-state index in [1.165, 1.54) is 0 Å². The molecule has 3 amide bonds. The Hall–Kier alpha value is -4.08. The van der Waals surface area contributed by atoms with Gasteiger partial charge in [0.2, 0.25) is 11.8 Å². The zero-order valence-corrected chi connectivity index (χ0v) is 22.3. The molecule has 1 fully saturated rings. The Morgan fingerprint density at radius 1 is 0.974 bits per heavy atom. The predicted octanol–water partition coefficient (Wildman–Crippen LogP) is 2.70. The summed E-state index contributed by atoms with van der Waals surface area (Å²) in [4.78, 5) is 52.8. The average Bonchev–Trinajstić information content (AvgIpc) is 3.34. The third kappa shape index (κ3) is 6.32. The van der Waals surface area contributed by atoms with Gasteiger partial charge in [-0.1, -0.05) is 36.4 Å². The fourth-order valence-electron chi connectivity index (χ4n) is 5.47. The maximum atomic E-state index is 13.7. The van der Waals surface area contributed by atoms with Gasteiger partial charge in [0.05, 0.1) is 12.6 Å². The standard InChI is InChI=1S/C29H35N7O3/c1-21-31-27-24(20-22-10-3-2-4-11-22)32-28(38)25-13-6-8-17-35(25)26(37)14-9-16-34(18-19-36(27)33-21)29(39)23-12-5-7-15-30-23/h2-5,7,10-12,15,24-25H,6,8-9,13-14,16-20H2,1H3,(H,32,38)/t24-,25+/m1/s1. The molecular formula is C29H35N7O3. The SMILES string of the molecule is Cc1nc2n(n1)CCN(C(=O)c1ccccn1)CCCC(=O)N1CCCC[C@H]1C(=O)N[C@@H]2Cc1ccccc1. The number of pyridine rings is 1. The molecule has 0 saturated carbocycles. The Labute approximate surface area is 228 Å². The Morgan fingerprint density at radius 3 is 2.59 bits per heavy atom. The summed E-state index contributed by atoms with van der Waals surface area (Å²) in [5.41, 5.74) is 1.42. The third-order valence-corrected chi connectivity index (χ3v) is 7.41. The van der Waals surface area contributed by atoms with E-state index in [1.54, 1.807) is 38.9 Å². The van der Waals surface area contributed by atoms with Crippen LogP contribution in [0.2, 0.25) is 0 Å². The van der Waals surface area contributed by atoms with Gasteiger partial charge in [-0.3, -0.25) is 19.4 Å². The minimum absolute atomic E-state index is 0.0456. The van der Waals surface area contributed by atoms with Crippen molar-refractivity contribution in [2.45, 2.75) is 64.1 Å². The van der Waals surface area contributed by atoms with Crippen molar-refractivity contribution in [3.8, 4) is 0 Å². The number of carbonyl (C=O) groups excluding carboxylic acids is 3. The van der Waals surface area contributed by atoms with Gasteiger partial charge in [0.25, 0.3) is 5.91 Å². The van der Waals surface area contributed by atoms with Gasteiger partial charge in [-0.25, -0.2) is 9.67 Å². The van der Waals surface area contributed by atoms with Gasteiger partial charge in [-0.2, -0.15) is 5.10 Å². The molecule has 4 heterocycles. The number of hydrogen-bond donors (Lipinski definition) is 1. The molecule has 1 aromatic carbocycles.